The first kappa shape index (κ1) is 14.0. The Morgan fingerprint density at radius 3 is 2.62 bits per heavy atom. The molecule has 3 rings (SSSR count). The van der Waals surface area contributed by atoms with Crippen molar-refractivity contribution in [2.45, 2.75) is 45.1 Å². The number of anilines is 1. The fourth-order valence-electron chi connectivity index (χ4n) is 3.19. The highest BCUT2D eigenvalue weighted by Gasteiger charge is 2.26. The molecule has 3 nitrogen and oxygen atoms in total. The molecule has 0 unspecified atom stereocenters. The van der Waals surface area contributed by atoms with E-state index in [0.29, 0.717) is 24.0 Å². The lowest BCUT2D eigenvalue weighted by atomic mass is 10.1. The zero-order valence-electron chi connectivity index (χ0n) is 12.1. The van der Waals surface area contributed by atoms with Gasteiger partial charge in [0.15, 0.2) is 0 Å². The van der Waals surface area contributed by atoms with Gasteiger partial charge in [-0.2, -0.15) is 0 Å². The van der Waals surface area contributed by atoms with Gasteiger partial charge >= 0.3 is 0 Å². The van der Waals surface area contributed by atoms with Crippen molar-refractivity contribution in [2.24, 2.45) is 0 Å². The molecule has 2 N–H and O–H groups in total. The van der Waals surface area contributed by atoms with Crippen molar-refractivity contribution in [2.75, 3.05) is 5.73 Å². The van der Waals surface area contributed by atoms with Crippen LogP contribution in [0.3, 0.4) is 0 Å². The second-order valence-corrected chi connectivity index (χ2v) is 5.55. The molecule has 1 heterocycles. The van der Waals surface area contributed by atoms with E-state index in [1.54, 1.807) is 0 Å². The zero-order chi connectivity index (χ0) is 15.0. The standard InChI is InChI=1S/C16H19F2N3/c1-2-21-15(19)14(12-8-7-11(17)9-13(12)18)20-16(21)10-5-3-4-6-10/h7-10H,2-6,19H2,1H3. The predicted molar refractivity (Wildman–Crippen MR) is 78.9 cm³/mol. The van der Waals surface area contributed by atoms with Crippen LogP contribution in [0.15, 0.2) is 18.2 Å². The molecule has 21 heavy (non-hydrogen) atoms. The Hall–Kier alpha value is -1.91. The van der Waals surface area contributed by atoms with Crippen molar-refractivity contribution in [3.05, 3.63) is 35.7 Å². The van der Waals surface area contributed by atoms with E-state index in [4.69, 9.17) is 5.73 Å². The van der Waals surface area contributed by atoms with Gasteiger partial charge in [-0.3, -0.25) is 0 Å². The van der Waals surface area contributed by atoms with Crippen molar-refractivity contribution < 1.29 is 8.78 Å². The molecule has 0 bridgehead atoms. The lowest BCUT2D eigenvalue weighted by Crippen LogP contribution is -2.08. The normalized spacial score (nSPS) is 15.8. The third-order valence-corrected chi connectivity index (χ3v) is 4.26. The van der Waals surface area contributed by atoms with E-state index in [1.807, 2.05) is 11.5 Å². The van der Waals surface area contributed by atoms with Gasteiger partial charge in [-0.1, -0.05) is 12.8 Å². The largest absolute Gasteiger partial charge is 0.383 e. The lowest BCUT2D eigenvalue weighted by Gasteiger charge is -2.11. The van der Waals surface area contributed by atoms with Crippen LogP contribution in [0.4, 0.5) is 14.6 Å². The average molecular weight is 291 g/mol. The molecule has 5 heteroatoms. The Labute approximate surface area is 122 Å². The number of benzene rings is 1. The summed E-state index contributed by atoms with van der Waals surface area (Å²) in [6, 6.07) is 3.51. The first-order valence-electron chi connectivity index (χ1n) is 7.43. The molecule has 1 aliphatic carbocycles. The van der Waals surface area contributed by atoms with Crippen molar-refractivity contribution in [1.82, 2.24) is 9.55 Å². The summed E-state index contributed by atoms with van der Waals surface area (Å²) in [7, 11) is 0. The number of hydrogen-bond acceptors (Lipinski definition) is 2. The van der Waals surface area contributed by atoms with Gasteiger partial charge < -0.3 is 10.3 Å². The highest BCUT2D eigenvalue weighted by atomic mass is 19.1. The minimum absolute atomic E-state index is 0.264. The summed E-state index contributed by atoms with van der Waals surface area (Å²) in [6.07, 6.45) is 4.59. The van der Waals surface area contributed by atoms with Gasteiger partial charge in [0.05, 0.1) is 0 Å². The molecule has 0 atom stereocenters. The molecule has 1 saturated carbocycles. The van der Waals surface area contributed by atoms with E-state index < -0.39 is 11.6 Å². The summed E-state index contributed by atoms with van der Waals surface area (Å²) in [5, 5.41) is 0. The zero-order valence-corrected chi connectivity index (χ0v) is 12.1. The first-order chi connectivity index (χ1) is 10.1. The molecule has 0 spiro atoms. The van der Waals surface area contributed by atoms with E-state index in [0.717, 1.165) is 24.7 Å². The quantitative estimate of drug-likeness (QED) is 0.925. The van der Waals surface area contributed by atoms with Gasteiger partial charge in [0.2, 0.25) is 0 Å². The number of nitrogens with two attached hydrogens (primary N) is 1. The number of nitrogen functional groups attached to an aromatic ring is 1. The van der Waals surface area contributed by atoms with Crippen LogP contribution in [0.25, 0.3) is 11.3 Å². The molecule has 1 fully saturated rings. The predicted octanol–water partition coefficient (Wildman–Crippen LogP) is 4.09. The van der Waals surface area contributed by atoms with Crippen LogP contribution in [0, 0.1) is 11.6 Å². The monoisotopic (exact) mass is 291 g/mol. The Morgan fingerprint density at radius 1 is 1.29 bits per heavy atom. The Bertz CT molecular complexity index is 658. The highest BCUT2D eigenvalue weighted by Crippen LogP contribution is 2.38. The molecule has 0 amide bonds. The molecule has 0 saturated heterocycles. The summed E-state index contributed by atoms with van der Waals surface area (Å²) in [6.45, 7) is 2.70. The van der Waals surface area contributed by atoms with Crippen LogP contribution < -0.4 is 5.73 Å². The van der Waals surface area contributed by atoms with Crippen LogP contribution in [0.1, 0.15) is 44.3 Å². The minimum atomic E-state index is -0.625. The molecule has 0 radical (unpaired) electrons. The molecule has 1 aromatic carbocycles. The van der Waals surface area contributed by atoms with Crippen molar-refractivity contribution in [1.29, 1.82) is 0 Å². The summed E-state index contributed by atoms with van der Waals surface area (Å²) < 4.78 is 29.0. The Balaban J connectivity index is 2.10. The van der Waals surface area contributed by atoms with E-state index in [1.165, 1.54) is 25.0 Å². The van der Waals surface area contributed by atoms with Gasteiger partial charge in [-0.25, -0.2) is 13.8 Å². The van der Waals surface area contributed by atoms with Crippen molar-refractivity contribution in [3.8, 4) is 11.3 Å². The number of aromatic nitrogens is 2. The SMILES string of the molecule is CCn1c(C2CCCC2)nc(-c2ccc(F)cc2F)c1N. The fraction of sp³-hybridized carbons (Fsp3) is 0.438. The number of imidazole rings is 1. The minimum Gasteiger partial charge on any atom is -0.383 e. The third kappa shape index (κ3) is 2.41. The van der Waals surface area contributed by atoms with Crippen molar-refractivity contribution >= 4 is 5.82 Å². The third-order valence-electron chi connectivity index (χ3n) is 4.26. The average Bonchev–Trinajstić information content (AvgIpc) is 3.07. The van der Waals surface area contributed by atoms with Crippen LogP contribution in [0.2, 0.25) is 0 Å². The molecular weight excluding hydrogens is 272 g/mol. The van der Waals surface area contributed by atoms with E-state index in [2.05, 4.69) is 4.98 Å². The number of hydrogen-bond donors (Lipinski definition) is 1. The number of rotatable bonds is 3. The molecular formula is C16H19F2N3. The summed E-state index contributed by atoms with van der Waals surface area (Å²) in [5.74, 6) is 0.571. The van der Waals surface area contributed by atoms with Crippen LogP contribution in [0.5, 0.6) is 0 Å². The van der Waals surface area contributed by atoms with Gasteiger partial charge in [-0.15, -0.1) is 0 Å². The molecule has 1 aliphatic rings. The van der Waals surface area contributed by atoms with E-state index in [9.17, 15) is 8.78 Å². The number of nitrogens with zero attached hydrogens (tertiary/aromatic N) is 2. The van der Waals surface area contributed by atoms with Crippen molar-refractivity contribution in [3.63, 3.8) is 0 Å². The maximum absolute atomic E-state index is 14.0. The Morgan fingerprint density at radius 2 is 2.00 bits per heavy atom. The molecule has 0 aliphatic heterocycles. The first-order valence-corrected chi connectivity index (χ1v) is 7.43. The second-order valence-electron chi connectivity index (χ2n) is 5.55. The topological polar surface area (TPSA) is 43.8 Å². The van der Waals surface area contributed by atoms with Gasteiger partial charge in [-0.05, 0) is 31.9 Å². The number of halogens is 2. The van der Waals surface area contributed by atoms with E-state index >= 15 is 0 Å². The van der Waals surface area contributed by atoms with Gasteiger partial charge in [0, 0.05) is 24.1 Å². The second kappa shape index (κ2) is 5.47. The van der Waals surface area contributed by atoms with Crippen LogP contribution in [-0.4, -0.2) is 9.55 Å². The lowest BCUT2D eigenvalue weighted by molar-refractivity contribution is 0.585. The summed E-state index contributed by atoms with van der Waals surface area (Å²) >= 11 is 0. The maximum atomic E-state index is 14.0. The van der Waals surface area contributed by atoms with Crippen LogP contribution >= 0.6 is 0 Å². The molecule has 1 aromatic heterocycles. The smallest absolute Gasteiger partial charge is 0.135 e. The summed E-state index contributed by atoms with van der Waals surface area (Å²) in [5.41, 5.74) is 6.85. The Kier molecular flexibility index (Phi) is 3.66. The fourth-order valence-corrected chi connectivity index (χ4v) is 3.19. The van der Waals surface area contributed by atoms with Gasteiger partial charge in [0.25, 0.3) is 0 Å². The van der Waals surface area contributed by atoms with Crippen LogP contribution in [-0.2, 0) is 6.54 Å². The molecule has 2 aromatic rings. The summed E-state index contributed by atoms with van der Waals surface area (Å²) in [4.78, 5) is 4.60. The van der Waals surface area contributed by atoms with E-state index in [-0.39, 0.29) is 5.56 Å². The molecule has 112 valence electrons. The highest BCUT2D eigenvalue weighted by molar-refractivity contribution is 5.71. The van der Waals surface area contributed by atoms with Gasteiger partial charge in [0.1, 0.15) is 29.0 Å². The maximum Gasteiger partial charge on any atom is 0.135 e.